The summed E-state index contributed by atoms with van der Waals surface area (Å²) in [5, 5.41) is 2.22. The molecule has 2 heteroatoms. The first-order valence-corrected chi connectivity index (χ1v) is 8.82. The van der Waals surface area contributed by atoms with Gasteiger partial charge in [0.15, 0.2) is 0 Å². The molecule has 5 aromatic rings. The molecule has 5 rings (SSSR count). The molecule has 3 aromatic carbocycles. The number of para-hydroxylation sites is 1. The standard InChI is InChI=1S/C25H15NO/c1-2-7-24-21(5-1)22-17-19(12-15-25(22)27-24)9-8-18-10-13-20(14-11-18)23-6-3-4-16-26-23/h1-7,10-17H. The number of hydrogen-bond acceptors (Lipinski definition) is 2. The van der Waals surface area contributed by atoms with Crippen LogP contribution in [-0.2, 0) is 0 Å². The first-order valence-electron chi connectivity index (χ1n) is 8.82. The average Bonchev–Trinajstić information content (AvgIpc) is 3.11. The van der Waals surface area contributed by atoms with Gasteiger partial charge in [0.05, 0.1) is 5.69 Å². The number of hydrogen-bond donors (Lipinski definition) is 0. The molecule has 2 nitrogen and oxygen atoms in total. The third kappa shape index (κ3) is 2.96. The Morgan fingerprint density at radius 3 is 2.22 bits per heavy atom. The van der Waals surface area contributed by atoms with Crippen molar-refractivity contribution in [3.63, 3.8) is 0 Å². The van der Waals surface area contributed by atoms with Crippen LogP contribution in [0.4, 0.5) is 0 Å². The molecule has 126 valence electrons. The van der Waals surface area contributed by atoms with E-state index in [-0.39, 0.29) is 0 Å². The van der Waals surface area contributed by atoms with E-state index in [0.717, 1.165) is 44.3 Å². The molecular formula is C25H15NO. The highest BCUT2D eigenvalue weighted by atomic mass is 16.3. The van der Waals surface area contributed by atoms with Gasteiger partial charge in [0.1, 0.15) is 11.2 Å². The Morgan fingerprint density at radius 1 is 0.630 bits per heavy atom. The lowest BCUT2D eigenvalue weighted by Gasteiger charge is -1.99. The predicted molar refractivity (Wildman–Crippen MR) is 109 cm³/mol. The molecule has 2 heterocycles. The maximum Gasteiger partial charge on any atom is 0.135 e. The summed E-state index contributed by atoms with van der Waals surface area (Å²) in [5.74, 6) is 6.50. The minimum atomic E-state index is 0.890. The molecular weight excluding hydrogens is 330 g/mol. The molecule has 0 fully saturated rings. The number of fused-ring (bicyclic) bond motifs is 3. The third-order valence-electron chi connectivity index (χ3n) is 4.57. The number of rotatable bonds is 1. The number of pyridine rings is 1. The molecule has 0 bridgehead atoms. The molecule has 0 aliphatic rings. The van der Waals surface area contributed by atoms with Gasteiger partial charge < -0.3 is 4.42 Å². The Bertz CT molecular complexity index is 1300. The monoisotopic (exact) mass is 345 g/mol. The fraction of sp³-hybridized carbons (Fsp3) is 0. The zero-order valence-electron chi connectivity index (χ0n) is 14.5. The van der Waals surface area contributed by atoms with Crippen LogP contribution >= 0.6 is 0 Å². The van der Waals surface area contributed by atoms with Gasteiger partial charge >= 0.3 is 0 Å². The number of nitrogens with zero attached hydrogens (tertiary/aromatic N) is 1. The van der Waals surface area contributed by atoms with E-state index in [1.54, 1.807) is 6.20 Å². The van der Waals surface area contributed by atoms with Crippen LogP contribution < -0.4 is 0 Å². The molecule has 0 radical (unpaired) electrons. The lowest BCUT2D eigenvalue weighted by molar-refractivity contribution is 0.669. The van der Waals surface area contributed by atoms with Crippen LogP contribution in [0.15, 0.2) is 95.5 Å². The van der Waals surface area contributed by atoms with E-state index in [1.165, 1.54) is 0 Å². The first-order chi connectivity index (χ1) is 13.4. The van der Waals surface area contributed by atoms with E-state index in [9.17, 15) is 0 Å². The quantitative estimate of drug-likeness (QED) is 0.346. The molecule has 0 spiro atoms. The highest BCUT2D eigenvalue weighted by Crippen LogP contribution is 2.28. The fourth-order valence-corrected chi connectivity index (χ4v) is 3.21. The lowest BCUT2D eigenvalue weighted by Crippen LogP contribution is -1.82. The predicted octanol–water partition coefficient (Wildman–Crippen LogP) is 6.05. The van der Waals surface area contributed by atoms with Gasteiger partial charge in [-0.15, -0.1) is 0 Å². The highest BCUT2D eigenvalue weighted by molar-refractivity contribution is 6.05. The molecule has 0 aliphatic heterocycles. The van der Waals surface area contributed by atoms with Crippen LogP contribution in [0.25, 0.3) is 33.2 Å². The molecule has 0 unspecified atom stereocenters. The van der Waals surface area contributed by atoms with Crippen molar-refractivity contribution in [3.05, 3.63) is 102 Å². The Labute approximate surface area is 157 Å². The summed E-state index contributed by atoms with van der Waals surface area (Å²) in [6.07, 6.45) is 1.80. The van der Waals surface area contributed by atoms with Crippen molar-refractivity contribution in [1.29, 1.82) is 0 Å². The summed E-state index contributed by atoms with van der Waals surface area (Å²) < 4.78 is 5.87. The first kappa shape index (κ1) is 15.4. The van der Waals surface area contributed by atoms with E-state index < -0.39 is 0 Å². The fourth-order valence-electron chi connectivity index (χ4n) is 3.21. The zero-order valence-corrected chi connectivity index (χ0v) is 14.5. The van der Waals surface area contributed by atoms with Crippen LogP contribution in [0, 0.1) is 11.8 Å². The lowest BCUT2D eigenvalue weighted by atomic mass is 10.1. The highest BCUT2D eigenvalue weighted by Gasteiger charge is 2.06. The van der Waals surface area contributed by atoms with E-state index in [4.69, 9.17) is 4.42 Å². The summed E-state index contributed by atoms with van der Waals surface area (Å²) in [5.41, 5.74) is 5.81. The van der Waals surface area contributed by atoms with Gasteiger partial charge in [-0.25, -0.2) is 0 Å². The summed E-state index contributed by atoms with van der Waals surface area (Å²) in [4.78, 5) is 4.38. The normalized spacial score (nSPS) is 10.7. The van der Waals surface area contributed by atoms with E-state index in [0.29, 0.717) is 0 Å². The van der Waals surface area contributed by atoms with Gasteiger partial charge in [0.2, 0.25) is 0 Å². The minimum absolute atomic E-state index is 0.890. The topological polar surface area (TPSA) is 26.0 Å². The van der Waals surface area contributed by atoms with E-state index >= 15 is 0 Å². The van der Waals surface area contributed by atoms with Crippen molar-refractivity contribution in [3.8, 4) is 23.1 Å². The Kier molecular flexibility index (Phi) is 3.70. The molecule has 0 saturated carbocycles. The molecule has 27 heavy (non-hydrogen) atoms. The van der Waals surface area contributed by atoms with Crippen molar-refractivity contribution in [1.82, 2.24) is 4.98 Å². The second-order valence-corrected chi connectivity index (χ2v) is 6.35. The van der Waals surface area contributed by atoms with Gasteiger partial charge in [-0.2, -0.15) is 0 Å². The van der Waals surface area contributed by atoms with Crippen LogP contribution in [0.1, 0.15) is 11.1 Å². The Morgan fingerprint density at radius 2 is 1.37 bits per heavy atom. The van der Waals surface area contributed by atoms with Gasteiger partial charge in [-0.3, -0.25) is 4.98 Å². The Hall–Kier alpha value is -3.83. The zero-order chi connectivity index (χ0) is 18.1. The summed E-state index contributed by atoms with van der Waals surface area (Å²) in [6, 6.07) is 28.3. The second-order valence-electron chi connectivity index (χ2n) is 6.35. The van der Waals surface area contributed by atoms with Crippen molar-refractivity contribution in [2.75, 3.05) is 0 Å². The number of benzene rings is 3. The smallest absolute Gasteiger partial charge is 0.135 e. The molecule has 0 saturated heterocycles. The summed E-state index contributed by atoms with van der Waals surface area (Å²) in [7, 11) is 0. The largest absolute Gasteiger partial charge is 0.456 e. The molecule has 2 aromatic heterocycles. The minimum Gasteiger partial charge on any atom is -0.456 e. The van der Waals surface area contributed by atoms with Crippen molar-refractivity contribution < 1.29 is 4.42 Å². The van der Waals surface area contributed by atoms with Crippen LogP contribution in [0.5, 0.6) is 0 Å². The van der Waals surface area contributed by atoms with Crippen molar-refractivity contribution in [2.24, 2.45) is 0 Å². The summed E-state index contributed by atoms with van der Waals surface area (Å²) >= 11 is 0. The number of furan rings is 1. The van der Waals surface area contributed by atoms with Crippen LogP contribution in [-0.4, -0.2) is 4.98 Å². The molecule has 0 aliphatic carbocycles. The second kappa shape index (κ2) is 6.48. The maximum absolute atomic E-state index is 5.87. The van der Waals surface area contributed by atoms with Crippen LogP contribution in [0.2, 0.25) is 0 Å². The third-order valence-corrected chi connectivity index (χ3v) is 4.57. The van der Waals surface area contributed by atoms with E-state index in [1.807, 2.05) is 60.7 Å². The van der Waals surface area contributed by atoms with E-state index in [2.05, 4.69) is 41.1 Å². The molecule has 0 N–H and O–H groups in total. The van der Waals surface area contributed by atoms with Gasteiger partial charge in [0.25, 0.3) is 0 Å². The van der Waals surface area contributed by atoms with Crippen molar-refractivity contribution in [2.45, 2.75) is 0 Å². The summed E-state index contributed by atoms with van der Waals surface area (Å²) in [6.45, 7) is 0. The maximum atomic E-state index is 5.87. The molecule has 0 atom stereocenters. The van der Waals surface area contributed by atoms with Gasteiger partial charge in [0, 0.05) is 33.7 Å². The average molecular weight is 345 g/mol. The van der Waals surface area contributed by atoms with Crippen LogP contribution in [0.3, 0.4) is 0 Å². The Balaban J connectivity index is 1.47. The van der Waals surface area contributed by atoms with Gasteiger partial charge in [-0.05, 0) is 48.5 Å². The van der Waals surface area contributed by atoms with Gasteiger partial charge in [-0.1, -0.05) is 48.2 Å². The van der Waals surface area contributed by atoms with Crippen molar-refractivity contribution >= 4 is 21.9 Å². The number of aromatic nitrogens is 1. The SMILES string of the molecule is C(#Cc1ccc2oc3ccccc3c2c1)c1ccc(-c2ccccn2)cc1. The molecule has 0 amide bonds.